The zero-order chi connectivity index (χ0) is 22.1. The number of ketones is 1. The van der Waals surface area contributed by atoms with Crippen molar-refractivity contribution in [3.05, 3.63) is 77.0 Å². The summed E-state index contributed by atoms with van der Waals surface area (Å²) in [6.07, 6.45) is 7.47. The molecule has 0 amide bonds. The van der Waals surface area contributed by atoms with Crippen LogP contribution in [0, 0.1) is 13.8 Å². The number of fused-ring (bicyclic) bond motifs is 3. The van der Waals surface area contributed by atoms with Gasteiger partial charge in [-0.05, 0) is 63.6 Å². The molecule has 0 saturated carbocycles. The van der Waals surface area contributed by atoms with Gasteiger partial charge in [-0.3, -0.25) is 4.79 Å². The van der Waals surface area contributed by atoms with Crippen LogP contribution in [-0.4, -0.2) is 44.5 Å². The highest BCUT2D eigenvalue weighted by atomic mass is 16.1. The van der Waals surface area contributed by atoms with Crippen molar-refractivity contribution in [1.82, 2.24) is 19.1 Å². The standard InChI is InChI=1S/C27H30N4O/c1-20-10-12-22(13-11-20)14-15-25(32)26-21(2)28-31-24-9-5-4-8-23(24)30(27(26)31)19-18-29-16-6-3-7-17-29/h4-5,8-15H,3,6-7,16-19H2,1-2H3/b15-14+. The van der Waals surface area contributed by atoms with E-state index >= 15 is 0 Å². The Labute approximate surface area is 189 Å². The number of aryl methyl sites for hydroxylation is 2. The highest BCUT2D eigenvalue weighted by molar-refractivity contribution is 6.12. The van der Waals surface area contributed by atoms with E-state index in [0.29, 0.717) is 5.56 Å². The molecule has 1 aliphatic heterocycles. The smallest absolute Gasteiger partial charge is 0.191 e. The van der Waals surface area contributed by atoms with Crippen LogP contribution in [0.1, 0.15) is 46.4 Å². The van der Waals surface area contributed by atoms with Gasteiger partial charge >= 0.3 is 0 Å². The second-order valence-electron chi connectivity index (χ2n) is 8.85. The minimum atomic E-state index is 0.0000960. The molecule has 1 saturated heterocycles. The summed E-state index contributed by atoms with van der Waals surface area (Å²) in [7, 11) is 0. The average molecular weight is 427 g/mol. The molecule has 2 aromatic heterocycles. The molecule has 0 radical (unpaired) electrons. The lowest BCUT2D eigenvalue weighted by Gasteiger charge is -2.26. The van der Waals surface area contributed by atoms with E-state index in [1.807, 2.05) is 35.7 Å². The summed E-state index contributed by atoms with van der Waals surface area (Å²) in [6, 6.07) is 16.5. The molecule has 0 bridgehead atoms. The monoisotopic (exact) mass is 426 g/mol. The Balaban J connectivity index is 1.54. The number of rotatable bonds is 6. The van der Waals surface area contributed by atoms with Gasteiger partial charge in [0.2, 0.25) is 0 Å². The maximum atomic E-state index is 13.4. The number of hydrogen-bond donors (Lipinski definition) is 0. The number of benzene rings is 2. The Morgan fingerprint density at radius 3 is 2.41 bits per heavy atom. The summed E-state index contributed by atoms with van der Waals surface area (Å²) >= 11 is 0. The van der Waals surface area contributed by atoms with Crippen LogP contribution >= 0.6 is 0 Å². The highest BCUT2D eigenvalue weighted by Gasteiger charge is 2.22. The first-order valence-electron chi connectivity index (χ1n) is 11.6. The molecule has 4 aromatic rings. The number of carbonyl (C=O) groups is 1. The Morgan fingerprint density at radius 1 is 0.938 bits per heavy atom. The zero-order valence-corrected chi connectivity index (χ0v) is 18.9. The van der Waals surface area contributed by atoms with Gasteiger partial charge in [0.25, 0.3) is 0 Å². The van der Waals surface area contributed by atoms with E-state index in [1.165, 1.54) is 37.9 Å². The van der Waals surface area contributed by atoms with Crippen molar-refractivity contribution in [2.75, 3.05) is 19.6 Å². The van der Waals surface area contributed by atoms with Crippen LogP contribution in [-0.2, 0) is 6.54 Å². The first kappa shape index (κ1) is 20.7. The third-order valence-electron chi connectivity index (χ3n) is 6.53. The summed E-state index contributed by atoms with van der Waals surface area (Å²) in [5, 5.41) is 4.77. The highest BCUT2D eigenvalue weighted by Crippen LogP contribution is 2.26. The molecule has 0 atom stereocenters. The normalized spacial score (nSPS) is 15.3. The fourth-order valence-corrected chi connectivity index (χ4v) is 4.79. The van der Waals surface area contributed by atoms with Crippen molar-refractivity contribution in [2.24, 2.45) is 0 Å². The van der Waals surface area contributed by atoms with Crippen LogP contribution in [0.2, 0.25) is 0 Å². The Bertz CT molecular complexity index is 1290. The van der Waals surface area contributed by atoms with Crippen molar-refractivity contribution in [2.45, 2.75) is 39.7 Å². The van der Waals surface area contributed by atoms with Gasteiger partial charge < -0.3 is 9.47 Å². The first-order chi connectivity index (χ1) is 15.6. The number of para-hydroxylation sites is 2. The zero-order valence-electron chi connectivity index (χ0n) is 18.9. The minimum absolute atomic E-state index is 0.0000960. The molecule has 0 spiro atoms. The molecular formula is C27H30N4O. The number of aromatic nitrogens is 3. The topological polar surface area (TPSA) is 42.5 Å². The molecule has 3 heterocycles. The van der Waals surface area contributed by atoms with Crippen LogP contribution in [0.25, 0.3) is 22.8 Å². The first-order valence-corrected chi connectivity index (χ1v) is 11.6. The molecule has 5 rings (SSSR count). The van der Waals surface area contributed by atoms with Crippen molar-refractivity contribution < 1.29 is 4.79 Å². The number of allylic oxidation sites excluding steroid dienone is 1. The van der Waals surface area contributed by atoms with Gasteiger partial charge in [-0.2, -0.15) is 5.10 Å². The molecule has 0 N–H and O–H groups in total. The predicted octanol–water partition coefficient (Wildman–Crippen LogP) is 5.29. The predicted molar refractivity (Wildman–Crippen MR) is 130 cm³/mol. The second kappa shape index (κ2) is 8.75. The summed E-state index contributed by atoms with van der Waals surface area (Å²) in [5.74, 6) is 0.0000960. The minimum Gasteiger partial charge on any atom is -0.322 e. The van der Waals surface area contributed by atoms with E-state index in [-0.39, 0.29) is 5.78 Å². The maximum absolute atomic E-state index is 13.4. The van der Waals surface area contributed by atoms with Crippen LogP contribution in [0.15, 0.2) is 54.6 Å². The van der Waals surface area contributed by atoms with Crippen molar-refractivity contribution in [3.8, 4) is 0 Å². The third kappa shape index (κ3) is 3.89. The number of carbonyl (C=O) groups excluding carboxylic acids is 1. The molecule has 0 unspecified atom stereocenters. The van der Waals surface area contributed by atoms with Gasteiger partial charge in [-0.1, -0.05) is 54.5 Å². The number of nitrogens with zero attached hydrogens (tertiary/aromatic N) is 4. The van der Waals surface area contributed by atoms with E-state index in [9.17, 15) is 4.79 Å². The summed E-state index contributed by atoms with van der Waals surface area (Å²) in [4.78, 5) is 15.9. The van der Waals surface area contributed by atoms with Gasteiger partial charge in [0, 0.05) is 13.1 Å². The molecule has 164 valence electrons. The van der Waals surface area contributed by atoms with Crippen LogP contribution in [0.3, 0.4) is 0 Å². The molecule has 5 nitrogen and oxygen atoms in total. The van der Waals surface area contributed by atoms with E-state index in [4.69, 9.17) is 5.10 Å². The van der Waals surface area contributed by atoms with Gasteiger partial charge in [0.05, 0.1) is 22.3 Å². The molecule has 0 aliphatic carbocycles. The SMILES string of the molecule is Cc1ccc(/C=C/C(=O)c2c(C)nn3c4ccccc4n(CCN4CCCCC4)c23)cc1. The van der Waals surface area contributed by atoms with Crippen molar-refractivity contribution >= 4 is 28.5 Å². The fourth-order valence-electron chi connectivity index (χ4n) is 4.79. The molecule has 1 aliphatic rings. The Hall–Kier alpha value is -3.18. The fraction of sp³-hybridized carbons (Fsp3) is 0.333. The molecule has 32 heavy (non-hydrogen) atoms. The van der Waals surface area contributed by atoms with Crippen molar-refractivity contribution in [3.63, 3.8) is 0 Å². The van der Waals surface area contributed by atoms with Crippen LogP contribution in [0.4, 0.5) is 0 Å². The lowest BCUT2D eigenvalue weighted by Crippen LogP contribution is -2.32. The number of piperidine rings is 1. The summed E-state index contributed by atoms with van der Waals surface area (Å²) in [6.45, 7) is 8.17. The van der Waals surface area contributed by atoms with Gasteiger partial charge in [-0.15, -0.1) is 0 Å². The van der Waals surface area contributed by atoms with Gasteiger partial charge in [0.15, 0.2) is 5.78 Å². The van der Waals surface area contributed by atoms with Gasteiger partial charge in [-0.25, -0.2) is 4.52 Å². The van der Waals surface area contributed by atoms with Crippen LogP contribution < -0.4 is 0 Å². The number of likely N-dealkylation sites (tertiary alicyclic amines) is 1. The van der Waals surface area contributed by atoms with E-state index in [1.54, 1.807) is 6.08 Å². The number of imidazole rings is 1. The van der Waals surface area contributed by atoms with E-state index in [0.717, 1.165) is 41.0 Å². The summed E-state index contributed by atoms with van der Waals surface area (Å²) < 4.78 is 4.24. The molecule has 1 fully saturated rings. The van der Waals surface area contributed by atoms with Gasteiger partial charge in [0.1, 0.15) is 5.65 Å². The Morgan fingerprint density at radius 2 is 1.66 bits per heavy atom. The quantitative estimate of drug-likeness (QED) is 0.311. The van der Waals surface area contributed by atoms with Crippen LogP contribution in [0.5, 0.6) is 0 Å². The second-order valence-corrected chi connectivity index (χ2v) is 8.85. The van der Waals surface area contributed by atoms with Crippen molar-refractivity contribution in [1.29, 1.82) is 0 Å². The lowest BCUT2D eigenvalue weighted by molar-refractivity contribution is 0.104. The van der Waals surface area contributed by atoms with E-state index in [2.05, 4.69) is 46.7 Å². The molecular weight excluding hydrogens is 396 g/mol. The van der Waals surface area contributed by atoms with E-state index < -0.39 is 0 Å². The molecule has 2 aromatic carbocycles. The largest absolute Gasteiger partial charge is 0.322 e. The number of hydrogen-bond acceptors (Lipinski definition) is 3. The lowest BCUT2D eigenvalue weighted by atomic mass is 10.1. The average Bonchev–Trinajstić information content (AvgIpc) is 3.31. The third-order valence-corrected chi connectivity index (χ3v) is 6.53. The Kier molecular flexibility index (Phi) is 5.66. The maximum Gasteiger partial charge on any atom is 0.191 e. The molecule has 5 heteroatoms. The summed E-state index contributed by atoms with van der Waals surface area (Å²) in [5.41, 5.74) is 6.78.